The fourth-order valence-corrected chi connectivity index (χ4v) is 3.87. The second kappa shape index (κ2) is 14.8. The van der Waals surface area contributed by atoms with E-state index in [9.17, 15) is 40.7 Å². The van der Waals surface area contributed by atoms with Crippen LogP contribution in [-0.4, -0.2) is 49.4 Å². The minimum Gasteiger partial charge on any atom is -0.506 e. The van der Waals surface area contributed by atoms with E-state index in [1.165, 1.54) is 9.13 Å². The summed E-state index contributed by atoms with van der Waals surface area (Å²) in [4.78, 5) is 25.4. The average Bonchev–Trinajstić information content (AvgIpc) is 3.39. The van der Waals surface area contributed by atoms with E-state index in [0.717, 1.165) is 36.4 Å². The van der Waals surface area contributed by atoms with Crippen molar-refractivity contribution in [3.8, 4) is 23.3 Å². The number of hydrogen-bond donors (Lipinski definition) is 6. The van der Waals surface area contributed by atoms with Crippen molar-refractivity contribution in [3.63, 3.8) is 0 Å². The second-order valence-electron chi connectivity index (χ2n) is 7.95. The molecular weight excluding hydrogens is 655 g/mol. The number of azo groups is 2. The second-order valence-corrected chi connectivity index (χ2v) is 8.73. The maximum atomic E-state index is 10.7. The van der Waals surface area contributed by atoms with E-state index in [1.807, 2.05) is 0 Å². The van der Waals surface area contributed by atoms with Crippen LogP contribution in [0.4, 0.5) is 34.4 Å². The van der Waals surface area contributed by atoms with Gasteiger partial charge in [0.25, 0.3) is 11.4 Å². The molecule has 0 saturated heterocycles. The summed E-state index contributed by atoms with van der Waals surface area (Å²) in [5.41, 5.74) is -0.644. The molecule has 6 N–H and O–H groups in total. The fraction of sp³-hybridized carbons (Fsp3) is 0.182. The molecule has 229 valence electrons. The van der Waals surface area contributed by atoms with Crippen molar-refractivity contribution >= 4 is 58.8 Å². The Labute approximate surface area is 261 Å². The number of rotatable bonds is 8. The average molecular weight is 678 g/mol. The molecule has 4 aromatic rings. The van der Waals surface area contributed by atoms with Crippen LogP contribution in [0.1, 0.15) is 13.8 Å². The third-order valence-electron chi connectivity index (χ3n) is 5.36. The van der Waals surface area contributed by atoms with Crippen molar-refractivity contribution in [2.24, 2.45) is 20.5 Å². The van der Waals surface area contributed by atoms with Crippen LogP contribution in [0.3, 0.4) is 0 Å². The van der Waals surface area contributed by atoms with Gasteiger partial charge < -0.3 is 30.4 Å². The molecule has 0 aliphatic rings. The minimum absolute atomic E-state index is 0. The zero-order valence-corrected chi connectivity index (χ0v) is 24.7. The van der Waals surface area contributed by atoms with Gasteiger partial charge in [-0.15, -0.1) is 20.5 Å². The van der Waals surface area contributed by atoms with Gasteiger partial charge >= 0.3 is 0 Å². The van der Waals surface area contributed by atoms with Crippen molar-refractivity contribution in [1.29, 1.82) is 0 Å². The van der Waals surface area contributed by atoms with Gasteiger partial charge in [0.2, 0.25) is 23.4 Å². The van der Waals surface area contributed by atoms with E-state index >= 15 is 0 Å². The van der Waals surface area contributed by atoms with Crippen LogP contribution in [-0.2, 0) is 29.9 Å². The smallest absolute Gasteiger partial charge is 0.271 e. The van der Waals surface area contributed by atoms with E-state index in [0.29, 0.717) is 13.1 Å². The van der Waals surface area contributed by atoms with Gasteiger partial charge in [0.15, 0.2) is 9.54 Å². The van der Waals surface area contributed by atoms with Crippen molar-refractivity contribution in [2.45, 2.75) is 26.9 Å². The summed E-state index contributed by atoms with van der Waals surface area (Å²) in [6.07, 6.45) is 0. The molecule has 0 bridgehead atoms. The van der Waals surface area contributed by atoms with Crippen LogP contribution in [0, 0.1) is 29.8 Å². The summed E-state index contributed by atoms with van der Waals surface area (Å²) in [6.45, 7) is 4.46. The van der Waals surface area contributed by atoms with Crippen LogP contribution in [0.15, 0.2) is 56.9 Å². The largest absolute Gasteiger partial charge is 0.506 e. The Morgan fingerprint density at radius 3 is 1.35 bits per heavy atom. The molecule has 0 spiro atoms. The Balaban J connectivity index is 0.000000293. The standard InChI is InChI=1S/2C11H11N5O4S.Co/c2*1-2-15-10(18)9(12-11(15)21)14-13-7-5-6(16(19)20)3-4-8(7)17;/h2*3-5,17-18H,2H2,1H3,(H,12,21);. The Kier molecular flexibility index (Phi) is 11.7. The molecule has 0 fully saturated rings. The number of aromatic nitrogens is 4. The van der Waals surface area contributed by atoms with Crippen LogP contribution in [0.5, 0.6) is 23.3 Å². The molecule has 0 saturated carbocycles. The predicted octanol–water partition coefficient (Wildman–Crippen LogP) is 6.60. The summed E-state index contributed by atoms with van der Waals surface area (Å²) in [5.74, 6) is -0.914. The third kappa shape index (κ3) is 8.06. The maximum absolute atomic E-state index is 10.7. The third-order valence-corrected chi connectivity index (χ3v) is 6.01. The summed E-state index contributed by atoms with van der Waals surface area (Å²) < 4.78 is 3.34. The van der Waals surface area contributed by atoms with E-state index < -0.39 is 9.85 Å². The Bertz CT molecular complexity index is 1700. The molecule has 2 aromatic carbocycles. The van der Waals surface area contributed by atoms with Crippen LogP contribution < -0.4 is 0 Å². The maximum Gasteiger partial charge on any atom is 0.271 e. The molecule has 2 aromatic heterocycles. The van der Waals surface area contributed by atoms with Crippen LogP contribution in [0.2, 0.25) is 0 Å². The number of benzene rings is 2. The van der Waals surface area contributed by atoms with Crippen molar-refractivity contribution in [1.82, 2.24) is 19.1 Å². The number of aromatic hydroxyl groups is 4. The zero-order chi connectivity index (χ0) is 31.1. The number of imidazole rings is 2. The van der Waals surface area contributed by atoms with Gasteiger partial charge in [0.05, 0.1) is 9.85 Å². The first-order valence-corrected chi connectivity index (χ1v) is 12.5. The molecule has 0 unspecified atom stereocenters. The molecule has 1 radical (unpaired) electrons. The molecule has 0 aliphatic carbocycles. The molecule has 0 aliphatic heterocycles. The van der Waals surface area contributed by atoms with Gasteiger partial charge in [-0.2, -0.15) is 0 Å². The number of nitro groups is 2. The number of non-ortho nitro benzene ring substituents is 2. The Hall–Kier alpha value is -4.99. The van der Waals surface area contributed by atoms with E-state index in [-0.39, 0.29) is 84.0 Å². The summed E-state index contributed by atoms with van der Waals surface area (Å²) >= 11 is 9.96. The normalized spacial score (nSPS) is 10.8. The quantitative estimate of drug-likeness (QED) is 0.0504. The SMILES string of the molecule is CCn1c(O)c(N=Nc2cc([N+](=O)[O-])ccc2O)[nH]c1=S.CCn1c(O)c(N=Nc2cc([N+](=O)[O-])ccc2O)[nH]c1=S.[Co]. The number of phenols is 2. The molecule has 18 nitrogen and oxygen atoms in total. The number of aromatic amines is 2. The number of phenolic OH excluding ortho intramolecular Hbond substituents is 2. The zero-order valence-electron chi connectivity index (χ0n) is 22.0. The number of hydrogen-bond acceptors (Lipinski definition) is 14. The molecule has 43 heavy (non-hydrogen) atoms. The van der Waals surface area contributed by atoms with Gasteiger partial charge in [-0.25, -0.2) is 0 Å². The Morgan fingerprint density at radius 2 is 1.07 bits per heavy atom. The molecule has 4 rings (SSSR count). The first kappa shape index (κ1) is 34.2. The van der Waals surface area contributed by atoms with Gasteiger partial charge in [0.1, 0.15) is 22.9 Å². The Morgan fingerprint density at radius 1 is 0.721 bits per heavy atom. The number of H-pyrrole nitrogens is 2. The van der Waals surface area contributed by atoms with Crippen molar-refractivity contribution in [3.05, 3.63) is 66.2 Å². The number of nitro benzene ring substituents is 2. The van der Waals surface area contributed by atoms with E-state index in [1.54, 1.807) is 13.8 Å². The monoisotopic (exact) mass is 677 g/mol. The summed E-state index contributed by atoms with van der Waals surface area (Å²) in [5, 5.41) is 75.0. The first-order valence-electron chi connectivity index (χ1n) is 11.7. The summed E-state index contributed by atoms with van der Waals surface area (Å²) in [6, 6.07) is 6.72. The first-order chi connectivity index (χ1) is 19.9. The van der Waals surface area contributed by atoms with E-state index in [2.05, 4.69) is 30.4 Å². The fourth-order valence-electron chi connectivity index (χ4n) is 3.24. The van der Waals surface area contributed by atoms with Gasteiger partial charge in [-0.1, -0.05) is 0 Å². The molecular formula is C22H22CoN10O8S2. The number of nitrogens with zero attached hydrogens (tertiary/aromatic N) is 8. The van der Waals surface area contributed by atoms with Gasteiger partial charge in [-0.3, -0.25) is 29.4 Å². The predicted molar refractivity (Wildman–Crippen MR) is 152 cm³/mol. The number of nitrogens with one attached hydrogen (secondary N) is 2. The van der Waals surface area contributed by atoms with Crippen LogP contribution in [0.25, 0.3) is 0 Å². The molecule has 21 heteroatoms. The summed E-state index contributed by atoms with van der Waals surface area (Å²) in [7, 11) is 0. The van der Waals surface area contributed by atoms with Gasteiger partial charge in [0, 0.05) is 54.1 Å². The molecule has 2 heterocycles. The molecule has 0 atom stereocenters. The van der Waals surface area contributed by atoms with Crippen molar-refractivity contribution < 1.29 is 47.1 Å². The minimum atomic E-state index is -0.614. The van der Waals surface area contributed by atoms with Crippen molar-refractivity contribution in [2.75, 3.05) is 0 Å². The molecule has 0 amide bonds. The topological polar surface area (TPSA) is 258 Å². The van der Waals surface area contributed by atoms with E-state index in [4.69, 9.17) is 24.4 Å². The van der Waals surface area contributed by atoms with Crippen LogP contribution >= 0.6 is 24.4 Å². The van der Waals surface area contributed by atoms with Gasteiger partial charge in [-0.05, 0) is 50.4 Å².